The first kappa shape index (κ1) is 17.1. The van der Waals surface area contributed by atoms with E-state index in [0.717, 1.165) is 25.0 Å². The standard InChI is InChI=1S/C14H26N2O3S/c1-4-16(9-10(3)13(17)18)14(19)15-11-7-6-8-12(11)20-5-2/h10-12H,4-9H2,1-3H3,(H,15,19)(H,17,18). The van der Waals surface area contributed by atoms with E-state index in [2.05, 4.69) is 12.2 Å². The molecule has 1 aliphatic carbocycles. The molecule has 0 aromatic heterocycles. The molecule has 1 fully saturated rings. The zero-order valence-corrected chi connectivity index (χ0v) is 13.4. The first-order chi connectivity index (χ1) is 9.49. The van der Waals surface area contributed by atoms with Crippen molar-refractivity contribution in [2.75, 3.05) is 18.8 Å². The molecule has 5 nitrogen and oxygen atoms in total. The van der Waals surface area contributed by atoms with Crippen LogP contribution in [-0.2, 0) is 4.79 Å². The molecule has 1 saturated carbocycles. The van der Waals surface area contributed by atoms with E-state index < -0.39 is 11.9 Å². The van der Waals surface area contributed by atoms with Crippen molar-refractivity contribution in [2.45, 2.75) is 51.3 Å². The van der Waals surface area contributed by atoms with Gasteiger partial charge in [-0.25, -0.2) is 4.79 Å². The van der Waals surface area contributed by atoms with Crippen LogP contribution in [0.25, 0.3) is 0 Å². The van der Waals surface area contributed by atoms with Gasteiger partial charge >= 0.3 is 12.0 Å². The molecule has 0 aliphatic heterocycles. The third-order valence-electron chi connectivity index (χ3n) is 3.73. The fourth-order valence-electron chi connectivity index (χ4n) is 2.52. The van der Waals surface area contributed by atoms with Gasteiger partial charge in [-0.2, -0.15) is 11.8 Å². The zero-order valence-electron chi connectivity index (χ0n) is 12.6. The molecule has 2 amide bonds. The topological polar surface area (TPSA) is 69.6 Å². The van der Waals surface area contributed by atoms with Crippen molar-refractivity contribution >= 4 is 23.8 Å². The lowest BCUT2D eigenvalue weighted by atomic mass is 10.2. The van der Waals surface area contributed by atoms with Gasteiger partial charge in [0, 0.05) is 24.4 Å². The monoisotopic (exact) mass is 302 g/mol. The molecular formula is C14H26N2O3S. The minimum atomic E-state index is -0.864. The molecule has 1 aliphatic rings. The molecule has 0 spiro atoms. The van der Waals surface area contributed by atoms with Crippen LogP contribution in [0.15, 0.2) is 0 Å². The highest BCUT2D eigenvalue weighted by atomic mass is 32.2. The predicted octanol–water partition coefficient (Wildman–Crippen LogP) is 2.41. The Morgan fingerprint density at radius 3 is 2.65 bits per heavy atom. The van der Waals surface area contributed by atoms with E-state index >= 15 is 0 Å². The average molecular weight is 302 g/mol. The second-order valence-electron chi connectivity index (χ2n) is 5.26. The van der Waals surface area contributed by atoms with Crippen molar-refractivity contribution in [2.24, 2.45) is 5.92 Å². The van der Waals surface area contributed by atoms with Gasteiger partial charge < -0.3 is 15.3 Å². The number of carbonyl (C=O) groups excluding carboxylic acids is 1. The first-order valence-corrected chi connectivity index (χ1v) is 8.44. The number of nitrogens with one attached hydrogen (secondary N) is 1. The minimum Gasteiger partial charge on any atom is -0.481 e. The predicted molar refractivity (Wildman–Crippen MR) is 82.1 cm³/mol. The van der Waals surface area contributed by atoms with Crippen LogP contribution in [0.2, 0.25) is 0 Å². The average Bonchev–Trinajstić information content (AvgIpc) is 2.83. The van der Waals surface area contributed by atoms with Crippen LogP contribution in [0.1, 0.15) is 40.0 Å². The van der Waals surface area contributed by atoms with E-state index in [1.54, 1.807) is 11.8 Å². The fraction of sp³-hybridized carbons (Fsp3) is 0.857. The van der Waals surface area contributed by atoms with Crippen LogP contribution in [0.3, 0.4) is 0 Å². The summed E-state index contributed by atoms with van der Waals surface area (Å²) in [6.07, 6.45) is 3.33. The van der Waals surface area contributed by atoms with Gasteiger partial charge in [0.1, 0.15) is 0 Å². The summed E-state index contributed by atoms with van der Waals surface area (Å²) in [6.45, 7) is 6.43. The number of aliphatic carboxylic acids is 1. The van der Waals surface area contributed by atoms with Crippen molar-refractivity contribution in [3.63, 3.8) is 0 Å². The summed E-state index contributed by atoms with van der Waals surface area (Å²) in [6, 6.07) is 0.0934. The quantitative estimate of drug-likeness (QED) is 0.758. The summed E-state index contributed by atoms with van der Waals surface area (Å²) in [7, 11) is 0. The number of hydrogen-bond acceptors (Lipinski definition) is 3. The van der Waals surface area contributed by atoms with E-state index in [4.69, 9.17) is 5.11 Å². The summed E-state index contributed by atoms with van der Waals surface area (Å²) in [4.78, 5) is 24.7. The number of rotatable bonds is 7. The van der Waals surface area contributed by atoms with Gasteiger partial charge in [-0.05, 0) is 25.5 Å². The van der Waals surface area contributed by atoms with E-state index in [-0.39, 0.29) is 18.6 Å². The van der Waals surface area contributed by atoms with E-state index in [1.165, 1.54) is 0 Å². The van der Waals surface area contributed by atoms with Crippen molar-refractivity contribution < 1.29 is 14.7 Å². The van der Waals surface area contributed by atoms with E-state index in [1.807, 2.05) is 18.7 Å². The summed E-state index contributed by atoms with van der Waals surface area (Å²) in [5.41, 5.74) is 0. The number of urea groups is 1. The van der Waals surface area contributed by atoms with Gasteiger partial charge in [0.25, 0.3) is 0 Å². The van der Waals surface area contributed by atoms with Crippen molar-refractivity contribution in [1.29, 1.82) is 0 Å². The van der Waals surface area contributed by atoms with E-state index in [9.17, 15) is 9.59 Å². The summed E-state index contributed by atoms with van der Waals surface area (Å²) in [5, 5.41) is 12.5. The molecule has 20 heavy (non-hydrogen) atoms. The minimum absolute atomic E-state index is 0.130. The Hall–Kier alpha value is -0.910. The fourth-order valence-corrected chi connectivity index (χ4v) is 3.72. The van der Waals surface area contributed by atoms with Gasteiger partial charge in [0.05, 0.1) is 5.92 Å². The molecule has 0 aromatic rings. The molecule has 3 atom stereocenters. The lowest BCUT2D eigenvalue weighted by Gasteiger charge is -2.27. The van der Waals surface area contributed by atoms with Crippen LogP contribution < -0.4 is 5.32 Å². The molecular weight excluding hydrogens is 276 g/mol. The van der Waals surface area contributed by atoms with Gasteiger partial charge in [-0.15, -0.1) is 0 Å². The SMILES string of the molecule is CCSC1CCCC1NC(=O)N(CC)CC(C)C(=O)O. The van der Waals surface area contributed by atoms with Crippen LogP contribution in [0, 0.1) is 5.92 Å². The number of carboxylic acids is 1. The number of carboxylic acid groups (broad SMARTS) is 1. The molecule has 0 saturated heterocycles. The van der Waals surface area contributed by atoms with Crippen LogP contribution in [0.5, 0.6) is 0 Å². The molecule has 0 bridgehead atoms. The number of thioether (sulfide) groups is 1. The lowest BCUT2D eigenvalue weighted by molar-refractivity contribution is -0.141. The highest BCUT2D eigenvalue weighted by Crippen LogP contribution is 2.29. The summed E-state index contributed by atoms with van der Waals surface area (Å²) >= 11 is 1.90. The second-order valence-corrected chi connectivity index (χ2v) is 6.77. The van der Waals surface area contributed by atoms with Crippen molar-refractivity contribution in [3.8, 4) is 0 Å². The third-order valence-corrected chi connectivity index (χ3v) is 5.05. The molecule has 3 unspecified atom stereocenters. The Morgan fingerprint density at radius 2 is 2.10 bits per heavy atom. The van der Waals surface area contributed by atoms with Gasteiger partial charge in [-0.3, -0.25) is 4.79 Å². The Labute approximate surface area is 125 Å². The maximum Gasteiger partial charge on any atom is 0.317 e. The highest BCUT2D eigenvalue weighted by molar-refractivity contribution is 7.99. The largest absolute Gasteiger partial charge is 0.481 e. The molecule has 0 aromatic carbocycles. The number of nitrogens with zero attached hydrogens (tertiary/aromatic N) is 1. The van der Waals surface area contributed by atoms with Crippen LogP contribution >= 0.6 is 11.8 Å². The Kier molecular flexibility index (Phi) is 7.19. The summed E-state index contributed by atoms with van der Waals surface area (Å²) in [5.74, 6) is -0.341. The Bertz CT molecular complexity index is 338. The number of amides is 2. The smallest absolute Gasteiger partial charge is 0.317 e. The summed E-state index contributed by atoms with van der Waals surface area (Å²) < 4.78 is 0. The van der Waals surface area contributed by atoms with Crippen LogP contribution in [-0.4, -0.2) is 52.1 Å². The lowest BCUT2D eigenvalue weighted by Crippen LogP contribution is -2.48. The normalized spacial score (nSPS) is 23.4. The maximum atomic E-state index is 12.3. The molecule has 0 radical (unpaired) electrons. The van der Waals surface area contributed by atoms with Gasteiger partial charge in [0.2, 0.25) is 0 Å². The number of carbonyl (C=O) groups is 2. The van der Waals surface area contributed by atoms with Crippen molar-refractivity contribution in [1.82, 2.24) is 10.2 Å². The third kappa shape index (κ3) is 4.89. The number of hydrogen-bond donors (Lipinski definition) is 2. The Morgan fingerprint density at radius 1 is 1.40 bits per heavy atom. The molecule has 6 heteroatoms. The molecule has 0 heterocycles. The highest BCUT2D eigenvalue weighted by Gasteiger charge is 2.30. The molecule has 2 N–H and O–H groups in total. The van der Waals surface area contributed by atoms with E-state index in [0.29, 0.717) is 11.8 Å². The van der Waals surface area contributed by atoms with Crippen LogP contribution in [0.4, 0.5) is 4.79 Å². The second kappa shape index (κ2) is 8.39. The maximum absolute atomic E-state index is 12.3. The first-order valence-electron chi connectivity index (χ1n) is 7.39. The molecule has 1 rings (SSSR count). The van der Waals surface area contributed by atoms with Gasteiger partial charge in [-0.1, -0.05) is 20.3 Å². The zero-order chi connectivity index (χ0) is 15.1. The Balaban J connectivity index is 2.52. The van der Waals surface area contributed by atoms with Gasteiger partial charge in [0.15, 0.2) is 0 Å². The molecule has 116 valence electrons. The van der Waals surface area contributed by atoms with Crippen molar-refractivity contribution in [3.05, 3.63) is 0 Å².